The highest BCUT2D eigenvalue weighted by atomic mass is 19.1. The molecular formula is C37H41F3N6O3. The summed E-state index contributed by atoms with van der Waals surface area (Å²) in [5, 5.41) is 15.9. The number of benzene rings is 2. The van der Waals surface area contributed by atoms with E-state index in [0.717, 1.165) is 51.5 Å². The predicted molar refractivity (Wildman–Crippen MR) is 180 cm³/mol. The number of alkyl halides is 1. The fourth-order valence-corrected chi connectivity index (χ4v) is 8.76. The monoisotopic (exact) mass is 674 g/mol. The highest BCUT2D eigenvalue weighted by Gasteiger charge is 2.49. The Hall–Kier alpha value is -3.90. The van der Waals surface area contributed by atoms with Gasteiger partial charge in [0, 0.05) is 49.1 Å². The number of nitrogens with zero attached hydrogens (tertiary/aromatic N) is 5. The zero-order chi connectivity index (χ0) is 33.4. The van der Waals surface area contributed by atoms with Crippen molar-refractivity contribution in [1.29, 1.82) is 0 Å². The van der Waals surface area contributed by atoms with Gasteiger partial charge >= 0.3 is 6.01 Å². The van der Waals surface area contributed by atoms with Crippen LogP contribution in [0.5, 0.6) is 17.5 Å². The van der Waals surface area contributed by atoms with Crippen molar-refractivity contribution in [3.05, 3.63) is 41.6 Å². The Morgan fingerprint density at radius 1 is 1.02 bits per heavy atom. The molecule has 4 atom stereocenters. The minimum Gasteiger partial charge on any atom is -0.508 e. The molecule has 4 aliphatic heterocycles. The lowest BCUT2D eigenvalue weighted by Crippen LogP contribution is -2.51. The van der Waals surface area contributed by atoms with Gasteiger partial charge in [-0.15, -0.1) is 0 Å². The molecule has 2 aromatic heterocycles. The van der Waals surface area contributed by atoms with Crippen LogP contribution in [-0.2, 0) is 6.42 Å². The number of fused-ring (bicyclic) bond motifs is 5. The average molecular weight is 675 g/mol. The number of ether oxygens (including phenoxy) is 2. The second-order valence-electron chi connectivity index (χ2n) is 14.7. The molecule has 258 valence electrons. The number of phenolic OH excluding ortho intramolecular Hbond substituents is 1. The summed E-state index contributed by atoms with van der Waals surface area (Å²) in [4.78, 5) is 19.0. The molecular weight excluding hydrogens is 633 g/mol. The molecule has 1 saturated carbocycles. The van der Waals surface area contributed by atoms with Gasteiger partial charge in [-0.05, 0) is 75.1 Å². The molecule has 4 aromatic rings. The van der Waals surface area contributed by atoms with Crippen LogP contribution < -0.4 is 19.7 Å². The number of phenols is 1. The maximum atomic E-state index is 17.3. The normalized spacial score (nSPS) is 26.6. The standard InChI is InChI=1S/C37H41F3N6O3/c1-2-4-28-30-33(31(40)32(42-28)26-14-24(47)13-20-5-10-27(39)34(29(20)26)49-25-8-9-25)43-36(44-35(30)45-17-22-6-7-23(18-45)41-22)48-19-37-11-3-12-46(37)16-21(38)15-37/h5,10,13-14,21-23,25,41,47H,2-4,6-9,11-12,15-19H2,1H3/t21-,22-,23+,37+/m1/s1. The molecule has 9 rings (SSSR count). The number of aryl methyl sites for hydroxylation is 1. The zero-order valence-corrected chi connectivity index (χ0v) is 27.7. The molecule has 49 heavy (non-hydrogen) atoms. The number of anilines is 1. The number of aromatic nitrogens is 3. The quantitative estimate of drug-likeness (QED) is 0.215. The third kappa shape index (κ3) is 5.42. The molecule has 0 spiro atoms. The highest BCUT2D eigenvalue weighted by Crippen LogP contribution is 2.45. The van der Waals surface area contributed by atoms with Gasteiger partial charge in [0.1, 0.15) is 35.6 Å². The van der Waals surface area contributed by atoms with Crippen molar-refractivity contribution in [2.75, 3.05) is 37.7 Å². The van der Waals surface area contributed by atoms with Crippen LogP contribution in [0.1, 0.15) is 64.0 Å². The Bertz CT molecular complexity index is 1950. The maximum Gasteiger partial charge on any atom is 0.319 e. The van der Waals surface area contributed by atoms with Crippen LogP contribution in [0.4, 0.5) is 19.0 Å². The Kier molecular flexibility index (Phi) is 7.53. The molecule has 1 aliphatic carbocycles. The van der Waals surface area contributed by atoms with E-state index in [2.05, 4.69) is 15.1 Å². The molecule has 5 fully saturated rings. The van der Waals surface area contributed by atoms with E-state index >= 15 is 8.78 Å². The summed E-state index contributed by atoms with van der Waals surface area (Å²) in [6.07, 6.45) is 6.15. The van der Waals surface area contributed by atoms with Gasteiger partial charge in [-0.2, -0.15) is 9.97 Å². The van der Waals surface area contributed by atoms with Crippen molar-refractivity contribution in [3.63, 3.8) is 0 Å². The summed E-state index contributed by atoms with van der Waals surface area (Å²) in [7, 11) is 0. The lowest BCUT2D eigenvalue weighted by atomic mass is 9.95. The highest BCUT2D eigenvalue weighted by molar-refractivity contribution is 6.04. The third-order valence-electron chi connectivity index (χ3n) is 11.1. The number of piperazine rings is 1. The van der Waals surface area contributed by atoms with E-state index in [1.165, 1.54) is 18.2 Å². The predicted octanol–water partition coefficient (Wildman–Crippen LogP) is 6.22. The average Bonchev–Trinajstić information content (AvgIpc) is 3.62. The Morgan fingerprint density at radius 3 is 2.61 bits per heavy atom. The van der Waals surface area contributed by atoms with Gasteiger partial charge in [0.25, 0.3) is 0 Å². The van der Waals surface area contributed by atoms with E-state index in [-0.39, 0.29) is 47.0 Å². The van der Waals surface area contributed by atoms with Crippen LogP contribution >= 0.6 is 0 Å². The fraction of sp³-hybridized carbons (Fsp3) is 0.541. The van der Waals surface area contributed by atoms with Gasteiger partial charge in [-0.25, -0.2) is 18.2 Å². The molecule has 2 bridgehead atoms. The number of nitrogens with one attached hydrogen (secondary N) is 1. The number of hydrogen-bond donors (Lipinski definition) is 2. The van der Waals surface area contributed by atoms with Gasteiger partial charge in [0.15, 0.2) is 17.4 Å². The summed E-state index contributed by atoms with van der Waals surface area (Å²) in [6, 6.07) is 6.43. The van der Waals surface area contributed by atoms with E-state index in [1.54, 1.807) is 6.07 Å². The van der Waals surface area contributed by atoms with Crippen molar-refractivity contribution in [2.24, 2.45) is 0 Å². The van der Waals surface area contributed by atoms with Gasteiger partial charge in [-0.1, -0.05) is 19.4 Å². The molecule has 0 amide bonds. The molecule has 6 heterocycles. The van der Waals surface area contributed by atoms with E-state index < -0.39 is 23.3 Å². The third-order valence-corrected chi connectivity index (χ3v) is 11.1. The van der Waals surface area contributed by atoms with Gasteiger partial charge in [0.05, 0.1) is 22.7 Å². The first-order valence-electron chi connectivity index (χ1n) is 17.8. The molecule has 2 N–H and O–H groups in total. The van der Waals surface area contributed by atoms with Gasteiger partial charge in [0.2, 0.25) is 0 Å². The first-order valence-corrected chi connectivity index (χ1v) is 17.8. The molecule has 5 aliphatic rings. The minimum atomic E-state index is -0.910. The number of aromatic hydroxyl groups is 1. The SMILES string of the molecule is CCCc1nc(-c2cc(O)cc3ccc(F)c(OC4CC4)c23)c(F)c2nc(OC[C@@]34CCCN3C[C@H](F)C4)nc(N3C[C@H]4CC[C@@H](C3)N4)c12. The van der Waals surface area contributed by atoms with Crippen molar-refractivity contribution < 1.29 is 27.8 Å². The molecule has 0 unspecified atom stereocenters. The van der Waals surface area contributed by atoms with Crippen LogP contribution in [0.2, 0.25) is 0 Å². The van der Waals surface area contributed by atoms with Crippen LogP contribution in [0, 0.1) is 11.6 Å². The number of pyridine rings is 1. The zero-order valence-electron chi connectivity index (χ0n) is 27.7. The summed E-state index contributed by atoms with van der Waals surface area (Å²) in [5.74, 6) is -0.755. The van der Waals surface area contributed by atoms with E-state index in [4.69, 9.17) is 24.4 Å². The first-order chi connectivity index (χ1) is 23.8. The van der Waals surface area contributed by atoms with Gasteiger partial charge in [-0.3, -0.25) is 4.90 Å². The molecule has 4 saturated heterocycles. The van der Waals surface area contributed by atoms with Crippen molar-refractivity contribution in [2.45, 2.75) is 94.6 Å². The molecule has 12 heteroatoms. The summed E-state index contributed by atoms with van der Waals surface area (Å²) in [5.41, 5.74) is 0.438. The molecule has 9 nitrogen and oxygen atoms in total. The number of rotatable bonds is 9. The van der Waals surface area contributed by atoms with Gasteiger partial charge < -0.3 is 24.8 Å². The number of halogens is 3. The second-order valence-corrected chi connectivity index (χ2v) is 14.7. The smallest absolute Gasteiger partial charge is 0.319 e. The van der Waals surface area contributed by atoms with Crippen LogP contribution in [0.3, 0.4) is 0 Å². The summed E-state index contributed by atoms with van der Waals surface area (Å²) in [6.45, 7) is 4.88. The van der Waals surface area contributed by atoms with Crippen molar-refractivity contribution in [3.8, 4) is 28.8 Å². The molecule has 0 radical (unpaired) electrons. The summed E-state index contributed by atoms with van der Waals surface area (Å²) >= 11 is 0. The lowest BCUT2D eigenvalue weighted by Gasteiger charge is -2.35. The largest absolute Gasteiger partial charge is 0.508 e. The fourth-order valence-electron chi connectivity index (χ4n) is 8.76. The summed E-state index contributed by atoms with van der Waals surface area (Å²) < 4.78 is 59.7. The van der Waals surface area contributed by atoms with Crippen LogP contribution in [0.15, 0.2) is 24.3 Å². The van der Waals surface area contributed by atoms with E-state index in [0.29, 0.717) is 72.2 Å². The second kappa shape index (κ2) is 11.9. The van der Waals surface area contributed by atoms with Crippen LogP contribution in [0.25, 0.3) is 32.9 Å². The molecule has 2 aromatic carbocycles. The van der Waals surface area contributed by atoms with Crippen LogP contribution in [-0.4, -0.2) is 87.6 Å². The first kappa shape index (κ1) is 31.1. The van der Waals surface area contributed by atoms with Crippen molar-refractivity contribution in [1.82, 2.24) is 25.2 Å². The Balaban J connectivity index is 1.23. The minimum absolute atomic E-state index is 0.0279. The van der Waals surface area contributed by atoms with E-state index in [9.17, 15) is 9.50 Å². The lowest BCUT2D eigenvalue weighted by molar-refractivity contribution is 0.107. The topological polar surface area (TPSA) is 95.9 Å². The number of hydrogen-bond acceptors (Lipinski definition) is 9. The van der Waals surface area contributed by atoms with Crippen molar-refractivity contribution >= 4 is 27.5 Å². The maximum absolute atomic E-state index is 17.3. The van der Waals surface area contributed by atoms with E-state index in [1.807, 2.05) is 6.92 Å². The Morgan fingerprint density at radius 2 is 1.84 bits per heavy atom. The Labute approximate surface area is 282 Å².